The van der Waals surface area contributed by atoms with Crippen LogP contribution in [0.1, 0.15) is 30.6 Å². The largest absolute Gasteiger partial charge is 0.480 e. The molecule has 5 nitrogen and oxygen atoms in total. The quantitative estimate of drug-likeness (QED) is 0.783. The first-order chi connectivity index (χ1) is 9.52. The van der Waals surface area contributed by atoms with Crippen molar-refractivity contribution in [1.82, 2.24) is 10.3 Å². The van der Waals surface area contributed by atoms with Gasteiger partial charge in [-0.05, 0) is 30.2 Å². The summed E-state index contributed by atoms with van der Waals surface area (Å²) in [4.78, 5) is 26.4. The van der Waals surface area contributed by atoms with Gasteiger partial charge in [0.1, 0.15) is 6.04 Å². The van der Waals surface area contributed by atoms with Crippen molar-refractivity contribution in [1.29, 1.82) is 0 Å². The molecule has 2 atom stereocenters. The molecule has 2 aromatic rings. The number of aromatic nitrogens is 1. The molecule has 0 unspecified atom stereocenters. The molecular weight excluding hydrogens is 256 g/mol. The third-order valence-electron chi connectivity index (χ3n) is 3.58. The number of rotatable bonds is 5. The summed E-state index contributed by atoms with van der Waals surface area (Å²) in [6.45, 7) is 3.72. The number of fused-ring (bicyclic) bond motifs is 1. The molecule has 0 radical (unpaired) electrons. The Labute approximate surface area is 117 Å². The number of benzene rings is 1. The summed E-state index contributed by atoms with van der Waals surface area (Å²) in [5, 5.41) is 12.7. The number of hydrogen-bond donors (Lipinski definition) is 3. The molecule has 5 heteroatoms. The van der Waals surface area contributed by atoms with Gasteiger partial charge in [-0.2, -0.15) is 0 Å². The minimum atomic E-state index is -1.00. The second kappa shape index (κ2) is 5.77. The summed E-state index contributed by atoms with van der Waals surface area (Å²) in [6.07, 6.45) is 2.49. The van der Waals surface area contributed by atoms with Crippen LogP contribution in [0, 0.1) is 5.92 Å². The highest BCUT2D eigenvalue weighted by Crippen LogP contribution is 2.15. The minimum Gasteiger partial charge on any atom is -0.480 e. The lowest BCUT2D eigenvalue weighted by Crippen LogP contribution is -2.45. The Balaban J connectivity index is 2.19. The lowest BCUT2D eigenvalue weighted by Gasteiger charge is -2.20. The van der Waals surface area contributed by atoms with Gasteiger partial charge >= 0.3 is 5.97 Å². The average Bonchev–Trinajstić information content (AvgIpc) is 2.90. The van der Waals surface area contributed by atoms with E-state index >= 15 is 0 Å². The van der Waals surface area contributed by atoms with E-state index in [1.165, 1.54) is 0 Å². The van der Waals surface area contributed by atoms with Gasteiger partial charge in [-0.25, -0.2) is 4.79 Å². The maximum atomic E-state index is 12.2. The van der Waals surface area contributed by atoms with E-state index in [4.69, 9.17) is 0 Å². The van der Waals surface area contributed by atoms with E-state index in [1.54, 1.807) is 18.3 Å². The molecule has 0 aliphatic carbocycles. The molecule has 0 aliphatic rings. The zero-order valence-corrected chi connectivity index (χ0v) is 11.5. The van der Waals surface area contributed by atoms with Gasteiger partial charge in [-0.3, -0.25) is 4.79 Å². The predicted octanol–water partition coefficient (Wildman–Crippen LogP) is 2.40. The summed E-state index contributed by atoms with van der Waals surface area (Å²) in [5.41, 5.74) is 1.41. The standard InChI is InChI=1S/C15H18N2O3/c1-3-9(2)13(15(19)20)17-14(18)11-4-5-12-10(8-11)6-7-16-12/h4-9,13,16H,3H2,1-2H3,(H,17,18)(H,19,20)/t9-,13-/m1/s1. The van der Waals surface area contributed by atoms with Crippen molar-refractivity contribution < 1.29 is 14.7 Å². The molecule has 0 saturated heterocycles. The van der Waals surface area contributed by atoms with Crippen LogP contribution in [0.2, 0.25) is 0 Å². The van der Waals surface area contributed by atoms with Crippen LogP contribution >= 0.6 is 0 Å². The maximum absolute atomic E-state index is 12.2. The number of carbonyl (C=O) groups is 2. The van der Waals surface area contributed by atoms with E-state index < -0.39 is 12.0 Å². The Kier molecular flexibility index (Phi) is 4.08. The molecule has 0 bridgehead atoms. The van der Waals surface area contributed by atoms with Gasteiger partial charge in [-0.15, -0.1) is 0 Å². The summed E-state index contributed by atoms with van der Waals surface area (Å²) < 4.78 is 0. The molecule has 0 saturated carbocycles. The number of H-pyrrole nitrogens is 1. The SMILES string of the molecule is CC[C@@H](C)[C@@H](NC(=O)c1ccc2[nH]ccc2c1)C(=O)O. The molecule has 0 fully saturated rings. The van der Waals surface area contributed by atoms with Crippen molar-refractivity contribution in [3.05, 3.63) is 36.0 Å². The third-order valence-corrected chi connectivity index (χ3v) is 3.58. The van der Waals surface area contributed by atoms with Crippen LogP contribution < -0.4 is 5.32 Å². The maximum Gasteiger partial charge on any atom is 0.326 e. The van der Waals surface area contributed by atoms with Crippen molar-refractivity contribution >= 4 is 22.8 Å². The third kappa shape index (κ3) is 2.82. The highest BCUT2D eigenvalue weighted by molar-refractivity contribution is 5.99. The number of aromatic amines is 1. The van der Waals surface area contributed by atoms with Crippen molar-refractivity contribution in [2.24, 2.45) is 5.92 Å². The monoisotopic (exact) mass is 274 g/mol. The Morgan fingerprint density at radius 1 is 1.35 bits per heavy atom. The summed E-state index contributed by atoms with van der Waals surface area (Å²) >= 11 is 0. The zero-order chi connectivity index (χ0) is 14.7. The number of hydrogen-bond acceptors (Lipinski definition) is 2. The van der Waals surface area contributed by atoms with Gasteiger partial charge in [0.25, 0.3) is 5.91 Å². The molecular formula is C15H18N2O3. The van der Waals surface area contributed by atoms with E-state index in [1.807, 2.05) is 26.0 Å². The Hall–Kier alpha value is -2.30. The molecule has 20 heavy (non-hydrogen) atoms. The first kappa shape index (κ1) is 14.1. The van der Waals surface area contributed by atoms with Crippen molar-refractivity contribution in [3.8, 4) is 0 Å². The predicted molar refractivity (Wildman–Crippen MR) is 76.6 cm³/mol. The van der Waals surface area contributed by atoms with Crippen molar-refractivity contribution in [3.63, 3.8) is 0 Å². The number of carbonyl (C=O) groups excluding carboxylic acids is 1. The Morgan fingerprint density at radius 3 is 2.75 bits per heavy atom. The zero-order valence-electron chi connectivity index (χ0n) is 11.5. The van der Waals surface area contributed by atoms with Crippen molar-refractivity contribution in [2.75, 3.05) is 0 Å². The van der Waals surface area contributed by atoms with Crippen LogP contribution in [0.15, 0.2) is 30.5 Å². The first-order valence-electron chi connectivity index (χ1n) is 6.63. The Bertz CT molecular complexity index is 633. The highest BCUT2D eigenvalue weighted by atomic mass is 16.4. The lowest BCUT2D eigenvalue weighted by molar-refractivity contribution is -0.140. The number of aliphatic carboxylic acids is 1. The molecule has 1 aromatic carbocycles. The Morgan fingerprint density at radius 2 is 2.10 bits per heavy atom. The van der Waals surface area contributed by atoms with Gasteiger partial charge in [0.05, 0.1) is 0 Å². The molecule has 0 spiro atoms. The second-order valence-electron chi connectivity index (χ2n) is 4.95. The summed E-state index contributed by atoms with van der Waals surface area (Å²) in [5.74, 6) is -1.48. The first-order valence-corrected chi connectivity index (χ1v) is 6.63. The molecule has 1 heterocycles. The van der Waals surface area contributed by atoms with E-state index in [0.29, 0.717) is 12.0 Å². The van der Waals surface area contributed by atoms with E-state index in [2.05, 4.69) is 10.3 Å². The van der Waals surface area contributed by atoms with Crippen LogP contribution in [-0.4, -0.2) is 28.0 Å². The smallest absolute Gasteiger partial charge is 0.326 e. The molecule has 3 N–H and O–H groups in total. The van der Waals surface area contributed by atoms with Crippen LogP contribution in [0.4, 0.5) is 0 Å². The molecule has 1 aromatic heterocycles. The fourth-order valence-electron chi connectivity index (χ4n) is 2.10. The van der Waals surface area contributed by atoms with E-state index in [-0.39, 0.29) is 11.8 Å². The van der Waals surface area contributed by atoms with Crippen LogP contribution in [-0.2, 0) is 4.79 Å². The van der Waals surface area contributed by atoms with Crippen molar-refractivity contribution in [2.45, 2.75) is 26.3 Å². The van der Waals surface area contributed by atoms with Gasteiger partial charge in [0.15, 0.2) is 0 Å². The van der Waals surface area contributed by atoms with E-state index in [0.717, 1.165) is 10.9 Å². The minimum absolute atomic E-state index is 0.118. The number of nitrogens with one attached hydrogen (secondary N) is 2. The highest BCUT2D eigenvalue weighted by Gasteiger charge is 2.25. The average molecular weight is 274 g/mol. The molecule has 106 valence electrons. The topological polar surface area (TPSA) is 82.2 Å². The fourth-order valence-corrected chi connectivity index (χ4v) is 2.10. The summed E-state index contributed by atoms with van der Waals surface area (Å²) in [7, 11) is 0. The van der Waals surface area contributed by atoms with Crippen LogP contribution in [0.3, 0.4) is 0 Å². The normalized spacial score (nSPS) is 13.9. The number of carboxylic acids is 1. The van der Waals surface area contributed by atoms with Gasteiger partial charge in [0, 0.05) is 22.7 Å². The number of amides is 1. The van der Waals surface area contributed by atoms with Crippen LogP contribution in [0.5, 0.6) is 0 Å². The van der Waals surface area contributed by atoms with Crippen LogP contribution in [0.25, 0.3) is 10.9 Å². The van der Waals surface area contributed by atoms with E-state index in [9.17, 15) is 14.7 Å². The molecule has 2 rings (SSSR count). The lowest BCUT2D eigenvalue weighted by atomic mass is 9.99. The second-order valence-corrected chi connectivity index (χ2v) is 4.95. The van der Waals surface area contributed by atoms with Gasteiger partial charge in [0.2, 0.25) is 0 Å². The molecule has 0 aliphatic heterocycles. The molecule has 1 amide bonds. The fraction of sp³-hybridized carbons (Fsp3) is 0.333. The van der Waals surface area contributed by atoms with Gasteiger partial charge in [-0.1, -0.05) is 20.3 Å². The summed E-state index contributed by atoms with van der Waals surface area (Å²) in [6, 6.07) is 6.24. The van der Waals surface area contributed by atoms with Gasteiger partial charge < -0.3 is 15.4 Å². The number of carboxylic acid groups (broad SMARTS) is 1.